The summed E-state index contributed by atoms with van der Waals surface area (Å²) in [5.74, 6) is -3.18. The third-order valence-electron chi connectivity index (χ3n) is 7.82. The maximum atomic E-state index is 13.7. The lowest BCUT2D eigenvalue weighted by molar-refractivity contribution is -0.192. The van der Waals surface area contributed by atoms with Crippen LogP contribution in [0.15, 0.2) is 85.1 Å². The molecule has 3 amide bonds. The Labute approximate surface area is 278 Å². The molecular weight excluding hydrogens is 651 g/mol. The highest BCUT2D eigenvalue weighted by Gasteiger charge is 2.38. The minimum absolute atomic E-state index is 0.0423. The van der Waals surface area contributed by atoms with Crippen molar-refractivity contribution in [3.63, 3.8) is 0 Å². The first-order chi connectivity index (χ1) is 22.9. The van der Waals surface area contributed by atoms with E-state index in [-0.39, 0.29) is 30.8 Å². The van der Waals surface area contributed by atoms with Crippen molar-refractivity contribution in [2.75, 3.05) is 24.5 Å². The Hall–Kier alpha value is -5.17. The molecule has 48 heavy (non-hydrogen) atoms. The van der Waals surface area contributed by atoms with Gasteiger partial charge < -0.3 is 19.8 Å². The minimum Gasteiger partial charge on any atom is -0.475 e. The van der Waals surface area contributed by atoms with Crippen LogP contribution in [0.1, 0.15) is 50.4 Å². The molecule has 3 aromatic carbocycles. The third-order valence-corrected chi connectivity index (χ3v) is 8.07. The van der Waals surface area contributed by atoms with Crippen molar-refractivity contribution >= 4 is 41.0 Å². The van der Waals surface area contributed by atoms with Crippen molar-refractivity contribution in [2.24, 2.45) is 0 Å². The van der Waals surface area contributed by atoms with Gasteiger partial charge in [-0.2, -0.15) is 18.3 Å². The molecule has 0 saturated carbocycles. The Kier molecular flexibility index (Phi) is 10.5. The summed E-state index contributed by atoms with van der Waals surface area (Å²) in [5, 5.41) is 12.5. The maximum absolute atomic E-state index is 13.7. The molecule has 6 rings (SSSR count). The molecule has 0 bridgehead atoms. The molecule has 0 spiro atoms. The number of alkyl halides is 3. The standard InChI is InChI=1S/C32H30ClN5O3.C2HF3O2/c33-27-14-12-26(13-15-27)32(41)36-20-28-29(21-37(34-28)18-23-6-2-1-3-7-23)38(30(39)22-36)19-24-8-10-25(11-9-24)31(40)35-16-4-5-17-35;3-2(4,5)1(6)7/h1-3,6-15,21H,4-5,16-20,22H2;(H,6,7). The molecule has 4 aromatic rings. The van der Waals surface area contributed by atoms with Gasteiger partial charge in [-0.3, -0.25) is 19.1 Å². The number of fused-ring (bicyclic) bond motifs is 1. The predicted molar refractivity (Wildman–Crippen MR) is 170 cm³/mol. The molecule has 0 radical (unpaired) electrons. The van der Waals surface area contributed by atoms with E-state index < -0.39 is 12.1 Å². The summed E-state index contributed by atoms with van der Waals surface area (Å²) in [6.45, 7) is 2.54. The van der Waals surface area contributed by atoms with E-state index in [1.165, 1.54) is 4.90 Å². The molecule has 0 aliphatic carbocycles. The number of nitrogens with zero attached hydrogens (tertiary/aromatic N) is 5. The van der Waals surface area contributed by atoms with E-state index in [2.05, 4.69) is 0 Å². The minimum atomic E-state index is -5.08. The van der Waals surface area contributed by atoms with Crippen LogP contribution in [0.3, 0.4) is 0 Å². The molecule has 14 heteroatoms. The van der Waals surface area contributed by atoms with Crippen LogP contribution in [-0.2, 0) is 29.2 Å². The number of aromatic nitrogens is 2. The topological polar surface area (TPSA) is 116 Å². The summed E-state index contributed by atoms with van der Waals surface area (Å²) in [5.41, 5.74) is 4.39. The molecule has 1 fully saturated rings. The second-order valence-corrected chi connectivity index (χ2v) is 11.7. The second-order valence-electron chi connectivity index (χ2n) is 11.3. The van der Waals surface area contributed by atoms with Gasteiger partial charge in [0.1, 0.15) is 12.2 Å². The van der Waals surface area contributed by atoms with E-state index in [9.17, 15) is 27.6 Å². The zero-order chi connectivity index (χ0) is 34.4. The summed E-state index contributed by atoms with van der Waals surface area (Å²) >= 11 is 6.02. The number of amides is 3. The highest BCUT2D eigenvalue weighted by Crippen LogP contribution is 2.28. The van der Waals surface area contributed by atoms with Gasteiger partial charge in [0.15, 0.2) is 0 Å². The lowest BCUT2D eigenvalue weighted by Gasteiger charge is -2.23. The average molecular weight is 682 g/mol. The number of benzene rings is 3. The van der Waals surface area contributed by atoms with Crippen LogP contribution in [0.2, 0.25) is 5.02 Å². The Morgan fingerprint density at radius 2 is 1.31 bits per heavy atom. The zero-order valence-electron chi connectivity index (χ0n) is 25.6. The molecule has 3 heterocycles. The van der Waals surface area contributed by atoms with Crippen LogP contribution in [0, 0.1) is 0 Å². The zero-order valence-corrected chi connectivity index (χ0v) is 26.3. The SMILES string of the molecule is O=C(O)C(F)(F)F.O=C(c1ccc(CN2C(=O)CN(C(=O)c3ccc(Cl)cc3)Cc3nn(Cc4ccccc4)cc32)cc1)N1CCCC1. The number of anilines is 1. The van der Waals surface area contributed by atoms with E-state index in [4.69, 9.17) is 26.6 Å². The molecule has 250 valence electrons. The predicted octanol–water partition coefficient (Wildman–Crippen LogP) is 5.64. The van der Waals surface area contributed by atoms with Crippen molar-refractivity contribution in [3.8, 4) is 0 Å². The highest BCUT2D eigenvalue weighted by molar-refractivity contribution is 6.30. The number of carboxylic acids is 1. The number of rotatable bonds is 6. The number of halogens is 4. The van der Waals surface area contributed by atoms with Gasteiger partial charge in [0.2, 0.25) is 5.91 Å². The van der Waals surface area contributed by atoms with Crippen molar-refractivity contribution < 1.29 is 37.5 Å². The Balaban J connectivity index is 0.000000582. The molecule has 1 N–H and O–H groups in total. The van der Waals surface area contributed by atoms with E-state index in [1.807, 2.05) is 70.4 Å². The molecule has 1 aromatic heterocycles. The Bertz CT molecular complexity index is 1770. The second kappa shape index (κ2) is 14.7. The quantitative estimate of drug-likeness (QED) is 0.282. The number of aliphatic carboxylic acids is 1. The van der Waals surface area contributed by atoms with E-state index in [0.717, 1.165) is 37.1 Å². The van der Waals surface area contributed by atoms with Crippen LogP contribution >= 0.6 is 11.6 Å². The molecule has 1 saturated heterocycles. The number of likely N-dealkylation sites (tertiary alicyclic amines) is 1. The molecule has 2 aliphatic heterocycles. The number of carbonyl (C=O) groups is 4. The van der Waals surface area contributed by atoms with E-state index in [1.54, 1.807) is 29.2 Å². The molecular formula is C34H31ClF3N5O5. The number of hydrogen-bond acceptors (Lipinski definition) is 5. The van der Waals surface area contributed by atoms with Crippen LogP contribution in [0.25, 0.3) is 0 Å². The molecule has 0 atom stereocenters. The van der Waals surface area contributed by atoms with Gasteiger partial charge in [-0.05, 0) is 60.4 Å². The summed E-state index contributed by atoms with van der Waals surface area (Å²) in [6, 6.07) is 24.1. The van der Waals surface area contributed by atoms with E-state index >= 15 is 0 Å². The van der Waals surface area contributed by atoms with Gasteiger partial charge >= 0.3 is 12.1 Å². The van der Waals surface area contributed by atoms with Gasteiger partial charge in [-0.15, -0.1) is 0 Å². The van der Waals surface area contributed by atoms with Crippen LogP contribution in [0.4, 0.5) is 18.9 Å². The summed E-state index contributed by atoms with van der Waals surface area (Å²) < 4.78 is 33.5. The smallest absolute Gasteiger partial charge is 0.475 e. The fraction of sp³-hybridized carbons (Fsp3) is 0.265. The third kappa shape index (κ3) is 8.40. The van der Waals surface area contributed by atoms with Crippen LogP contribution < -0.4 is 4.90 Å². The first kappa shape index (κ1) is 34.2. The highest BCUT2D eigenvalue weighted by atomic mass is 35.5. The lowest BCUT2D eigenvalue weighted by Crippen LogP contribution is -2.40. The van der Waals surface area contributed by atoms with Gasteiger partial charge in [-0.25, -0.2) is 4.79 Å². The average Bonchev–Trinajstić information content (AvgIpc) is 3.72. The Morgan fingerprint density at radius 1 is 0.771 bits per heavy atom. The number of carbonyl (C=O) groups excluding carboxylic acids is 3. The molecule has 2 aliphatic rings. The monoisotopic (exact) mass is 681 g/mol. The van der Waals surface area contributed by atoms with Gasteiger partial charge in [-0.1, -0.05) is 54.1 Å². The van der Waals surface area contributed by atoms with Crippen molar-refractivity contribution in [1.82, 2.24) is 19.6 Å². The van der Waals surface area contributed by atoms with Crippen molar-refractivity contribution in [1.29, 1.82) is 0 Å². The fourth-order valence-electron chi connectivity index (χ4n) is 5.39. The summed E-state index contributed by atoms with van der Waals surface area (Å²) in [6.07, 6.45) is -1.13. The number of hydrogen-bond donors (Lipinski definition) is 1. The largest absolute Gasteiger partial charge is 0.490 e. The van der Waals surface area contributed by atoms with Crippen molar-refractivity contribution in [3.05, 3.63) is 118 Å². The van der Waals surface area contributed by atoms with Gasteiger partial charge in [0.05, 0.1) is 25.3 Å². The molecule has 0 unspecified atom stereocenters. The van der Waals surface area contributed by atoms with E-state index in [0.29, 0.717) is 40.6 Å². The summed E-state index contributed by atoms with van der Waals surface area (Å²) in [4.78, 5) is 53.9. The van der Waals surface area contributed by atoms with Gasteiger partial charge in [0.25, 0.3) is 11.8 Å². The van der Waals surface area contributed by atoms with Crippen LogP contribution in [-0.4, -0.2) is 74.2 Å². The van der Waals surface area contributed by atoms with Gasteiger partial charge in [0, 0.05) is 35.4 Å². The first-order valence-electron chi connectivity index (χ1n) is 15.0. The normalized spacial score (nSPS) is 14.6. The van der Waals surface area contributed by atoms with Crippen molar-refractivity contribution in [2.45, 2.75) is 38.7 Å². The number of carboxylic acid groups (broad SMARTS) is 1. The molecule has 10 nitrogen and oxygen atoms in total. The lowest BCUT2D eigenvalue weighted by atomic mass is 10.1. The summed E-state index contributed by atoms with van der Waals surface area (Å²) in [7, 11) is 0. The fourth-order valence-corrected chi connectivity index (χ4v) is 5.52. The Morgan fingerprint density at radius 3 is 1.90 bits per heavy atom. The first-order valence-corrected chi connectivity index (χ1v) is 15.4. The van der Waals surface area contributed by atoms with Crippen LogP contribution in [0.5, 0.6) is 0 Å². The maximum Gasteiger partial charge on any atom is 0.490 e.